The second kappa shape index (κ2) is 3.12. The molecular formula is C7H6Cl2N4. The zero-order valence-corrected chi connectivity index (χ0v) is 8.34. The molecule has 0 aliphatic heterocycles. The fraction of sp³-hybridized carbons (Fsp3) is 0.286. The van der Waals surface area contributed by atoms with Crippen molar-refractivity contribution in [1.29, 1.82) is 0 Å². The number of fused-ring (bicyclic) bond motifs is 1. The Morgan fingerprint density at radius 3 is 2.92 bits per heavy atom. The third kappa shape index (κ3) is 1.26. The lowest BCUT2D eigenvalue weighted by Gasteiger charge is -2.02. The molecule has 0 spiro atoms. The predicted octanol–water partition coefficient (Wildman–Crippen LogP) is 1.99. The Morgan fingerprint density at radius 2 is 2.23 bits per heavy atom. The molecule has 2 rings (SSSR count). The maximum Gasteiger partial charge on any atom is 0.253 e. The lowest BCUT2D eigenvalue weighted by atomic mass is 10.3. The molecule has 2 heterocycles. The third-order valence-electron chi connectivity index (χ3n) is 1.72. The predicted molar refractivity (Wildman–Crippen MR) is 50.2 cm³/mol. The van der Waals surface area contributed by atoms with Gasteiger partial charge in [-0.2, -0.15) is 14.6 Å². The van der Waals surface area contributed by atoms with Gasteiger partial charge in [0.1, 0.15) is 6.33 Å². The number of rotatable bonds is 1. The van der Waals surface area contributed by atoms with Crippen LogP contribution >= 0.6 is 23.2 Å². The van der Waals surface area contributed by atoms with E-state index in [-0.39, 0.29) is 0 Å². The van der Waals surface area contributed by atoms with Gasteiger partial charge < -0.3 is 0 Å². The van der Waals surface area contributed by atoms with E-state index in [4.69, 9.17) is 23.2 Å². The SMILES string of the molecule is CCc1nc2ncnn2c(Cl)c1Cl. The molecular weight excluding hydrogens is 211 g/mol. The van der Waals surface area contributed by atoms with Crippen LogP contribution < -0.4 is 0 Å². The van der Waals surface area contributed by atoms with Gasteiger partial charge in [-0.25, -0.2) is 4.98 Å². The van der Waals surface area contributed by atoms with Crippen LogP contribution in [-0.2, 0) is 6.42 Å². The molecule has 0 radical (unpaired) electrons. The Labute approximate surface area is 84.5 Å². The van der Waals surface area contributed by atoms with E-state index in [0.717, 1.165) is 12.1 Å². The van der Waals surface area contributed by atoms with Gasteiger partial charge in [0.15, 0.2) is 5.15 Å². The van der Waals surface area contributed by atoms with Crippen LogP contribution in [0.25, 0.3) is 5.78 Å². The van der Waals surface area contributed by atoms with Crippen LogP contribution in [0.1, 0.15) is 12.6 Å². The average molecular weight is 217 g/mol. The summed E-state index contributed by atoms with van der Waals surface area (Å²) in [7, 11) is 0. The van der Waals surface area contributed by atoms with E-state index in [1.165, 1.54) is 10.8 Å². The molecule has 2 aromatic heterocycles. The molecule has 13 heavy (non-hydrogen) atoms. The van der Waals surface area contributed by atoms with Gasteiger partial charge in [0.2, 0.25) is 0 Å². The molecule has 0 saturated heterocycles. The van der Waals surface area contributed by atoms with Crippen molar-refractivity contribution in [2.24, 2.45) is 0 Å². The molecule has 68 valence electrons. The monoisotopic (exact) mass is 216 g/mol. The highest BCUT2D eigenvalue weighted by molar-refractivity contribution is 6.41. The maximum absolute atomic E-state index is 5.95. The van der Waals surface area contributed by atoms with E-state index < -0.39 is 0 Å². The highest BCUT2D eigenvalue weighted by atomic mass is 35.5. The van der Waals surface area contributed by atoms with E-state index in [2.05, 4.69) is 15.1 Å². The summed E-state index contributed by atoms with van der Waals surface area (Å²) < 4.78 is 1.41. The van der Waals surface area contributed by atoms with Gasteiger partial charge in [0.25, 0.3) is 5.78 Å². The fourth-order valence-corrected chi connectivity index (χ4v) is 1.55. The van der Waals surface area contributed by atoms with Crippen LogP contribution in [0.15, 0.2) is 6.33 Å². The lowest BCUT2D eigenvalue weighted by molar-refractivity contribution is 0.912. The Kier molecular flexibility index (Phi) is 2.09. The van der Waals surface area contributed by atoms with Gasteiger partial charge in [-0.05, 0) is 6.42 Å². The summed E-state index contributed by atoms with van der Waals surface area (Å²) in [5, 5.41) is 4.69. The van der Waals surface area contributed by atoms with Crippen molar-refractivity contribution in [2.75, 3.05) is 0 Å². The Balaban J connectivity index is 2.83. The van der Waals surface area contributed by atoms with Crippen molar-refractivity contribution in [3.05, 3.63) is 22.2 Å². The zero-order chi connectivity index (χ0) is 9.42. The highest BCUT2D eigenvalue weighted by Crippen LogP contribution is 2.24. The van der Waals surface area contributed by atoms with Crippen LogP contribution in [0.3, 0.4) is 0 Å². The molecule has 0 saturated carbocycles. The highest BCUT2D eigenvalue weighted by Gasteiger charge is 2.11. The topological polar surface area (TPSA) is 43.1 Å². The Hall–Kier alpha value is -0.870. The molecule has 0 aliphatic rings. The second-order valence-corrected chi connectivity index (χ2v) is 3.22. The summed E-state index contributed by atoms with van der Waals surface area (Å²) in [6.45, 7) is 1.96. The molecule has 0 atom stereocenters. The van der Waals surface area contributed by atoms with Gasteiger partial charge >= 0.3 is 0 Å². The number of hydrogen-bond acceptors (Lipinski definition) is 3. The van der Waals surface area contributed by atoms with Crippen LogP contribution in [0, 0.1) is 0 Å². The van der Waals surface area contributed by atoms with Crippen molar-refractivity contribution >= 4 is 29.0 Å². The number of halogens is 2. The summed E-state index contributed by atoms with van der Waals surface area (Å²) in [6, 6.07) is 0. The minimum Gasteiger partial charge on any atom is -0.214 e. The summed E-state index contributed by atoms with van der Waals surface area (Å²) in [5.74, 6) is 0.478. The quantitative estimate of drug-likeness (QED) is 0.686. The summed E-state index contributed by atoms with van der Waals surface area (Å²) >= 11 is 11.9. The Bertz CT molecular complexity index is 451. The fourth-order valence-electron chi connectivity index (χ4n) is 1.07. The van der Waals surface area contributed by atoms with Crippen LogP contribution in [0.5, 0.6) is 0 Å². The minimum absolute atomic E-state index is 0.362. The third-order valence-corrected chi connectivity index (χ3v) is 2.56. The molecule has 0 amide bonds. The van der Waals surface area contributed by atoms with E-state index in [1.807, 2.05) is 6.92 Å². The van der Waals surface area contributed by atoms with E-state index >= 15 is 0 Å². The number of aryl methyl sites for hydroxylation is 1. The minimum atomic E-state index is 0.362. The maximum atomic E-state index is 5.95. The molecule has 0 bridgehead atoms. The standard InChI is InChI=1S/C7H6Cl2N4/c1-2-4-5(8)6(9)13-7(12-4)10-3-11-13/h3H,2H2,1H3. The van der Waals surface area contributed by atoms with Gasteiger partial charge in [-0.1, -0.05) is 30.1 Å². The molecule has 0 unspecified atom stereocenters. The van der Waals surface area contributed by atoms with Crippen LogP contribution in [0.2, 0.25) is 10.2 Å². The van der Waals surface area contributed by atoms with E-state index in [1.54, 1.807) is 0 Å². The van der Waals surface area contributed by atoms with Gasteiger partial charge in [0.05, 0.1) is 10.7 Å². The number of aromatic nitrogens is 4. The molecule has 0 fully saturated rings. The van der Waals surface area contributed by atoms with Gasteiger partial charge in [-0.3, -0.25) is 0 Å². The van der Waals surface area contributed by atoms with Crippen molar-refractivity contribution in [3.8, 4) is 0 Å². The first kappa shape index (κ1) is 8.72. The van der Waals surface area contributed by atoms with E-state index in [0.29, 0.717) is 16.0 Å². The molecule has 6 heteroatoms. The van der Waals surface area contributed by atoms with Crippen molar-refractivity contribution in [3.63, 3.8) is 0 Å². The molecule has 0 aliphatic carbocycles. The summed E-state index contributed by atoms with van der Waals surface area (Å²) in [5.41, 5.74) is 0.743. The smallest absolute Gasteiger partial charge is 0.214 e. The van der Waals surface area contributed by atoms with Gasteiger partial charge in [-0.15, -0.1) is 0 Å². The number of hydrogen-bond donors (Lipinski definition) is 0. The van der Waals surface area contributed by atoms with Gasteiger partial charge in [0, 0.05) is 0 Å². The molecule has 0 N–H and O–H groups in total. The largest absolute Gasteiger partial charge is 0.253 e. The molecule has 2 aromatic rings. The van der Waals surface area contributed by atoms with Crippen LogP contribution in [-0.4, -0.2) is 19.6 Å². The van der Waals surface area contributed by atoms with E-state index in [9.17, 15) is 0 Å². The first-order valence-electron chi connectivity index (χ1n) is 3.77. The van der Waals surface area contributed by atoms with Crippen molar-refractivity contribution in [1.82, 2.24) is 19.6 Å². The average Bonchev–Trinajstić information content (AvgIpc) is 2.59. The number of nitrogens with zero attached hydrogens (tertiary/aromatic N) is 4. The Morgan fingerprint density at radius 1 is 1.46 bits per heavy atom. The summed E-state index contributed by atoms with van der Waals surface area (Å²) in [4.78, 5) is 8.11. The van der Waals surface area contributed by atoms with Crippen molar-refractivity contribution < 1.29 is 0 Å². The first-order valence-corrected chi connectivity index (χ1v) is 4.53. The second-order valence-electron chi connectivity index (χ2n) is 2.49. The zero-order valence-electron chi connectivity index (χ0n) is 6.83. The first-order chi connectivity index (χ1) is 6.24. The van der Waals surface area contributed by atoms with Crippen molar-refractivity contribution in [2.45, 2.75) is 13.3 Å². The molecule has 4 nitrogen and oxygen atoms in total. The van der Waals surface area contributed by atoms with Crippen LogP contribution in [0.4, 0.5) is 0 Å². The summed E-state index contributed by atoms with van der Waals surface area (Å²) in [6.07, 6.45) is 2.12. The normalized spacial score (nSPS) is 11.0. The molecule has 0 aromatic carbocycles. The lowest BCUT2D eigenvalue weighted by Crippen LogP contribution is -1.98.